The first-order chi connectivity index (χ1) is 13.2. The first kappa shape index (κ1) is 20.8. The second-order valence-electron chi connectivity index (χ2n) is 8.74. The number of likely N-dealkylation sites (tertiary alicyclic amines) is 1. The van der Waals surface area contributed by atoms with Crippen LogP contribution in [0.3, 0.4) is 0 Å². The van der Waals surface area contributed by atoms with Crippen molar-refractivity contribution in [1.82, 2.24) is 4.90 Å². The molecule has 7 heteroatoms. The standard InChI is InChI=1S/C21H30N2O4S/c1-21(2,3)20(26)23-11-7-8-13(12-23)17(24)22-18-16(19(25)27-4)14-9-5-6-10-15(14)28-18/h13H,5-12H2,1-4H3,(H,22,24). The van der Waals surface area contributed by atoms with Crippen LogP contribution in [0.4, 0.5) is 5.00 Å². The fourth-order valence-electron chi connectivity index (χ4n) is 4.04. The molecule has 0 spiro atoms. The maximum Gasteiger partial charge on any atom is 0.341 e. The number of thiophene rings is 1. The summed E-state index contributed by atoms with van der Waals surface area (Å²) >= 11 is 1.50. The van der Waals surface area contributed by atoms with Crippen LogP contribution >= 0.6 is 11.3 Å². The van der Waals surface area contributed by atoms with Gasteiger partial charge in [-0.05, 0) is 44.1 Å². The molecule has 1 atom stereocenters. The Hall–Kier alpha value is -1.89. The summed E-state index contributed by atoms with van der Waals surface area (Å²) in [4.78, 5) is 40.9. The molecule has 0 radical (unpaired) electrons. The molecular weight excluding hydrogens is 376 g/mol. The summed E-state index contributed by atoms with van der Waals surface area (Å²) in [6, 6.07) is 0. The highest BCUT2D eigenvalue weighted by Crippen LogP contribution is 2.39. The van der Waals surface area contributed by atoms with Crippen molar-refractivity contribution >= 4 is 34.1 Å². The van der Waals surface area contributed by atoms with Gasteiger partial charge in [-0.2, -0.15) is 0 Å². The van der Waals surface area contributed by atoms with Crippen molar-refractivity contribution in [2.24, 2.45) is 11.3 Å². The van der Waals surface area contributed by atoms with E-state index in [9.17, 15) is 14.4 Å². The maximum absolute atomic E-state index is 13.0. The summed E-state index contributed by atoms with van der Waals surface area (Å²) in [6.45, 7) is 6.83. The van der Waals surface area contributed by atoms with Crippen LogP contribution in [0.15, 0.2) is 0 Å². The van der Waals surface area contributed by atoms with Crippen molar-refractivity contribution < 1.29 is 19.1 Å². The molecule has 28 heavy (non-hydrogen) atoms. The lowest BCUT2D eigenvalue weighted by Gasteiger charge is -2.35. The molecule has 1 unspecified atom stereocenters. The molecule has 2 amide bonds. The third kappa shape index (κ3) is 4.24. The maximum atomic E-state index is 13.0. The Morgan fingerprint density at radius 3 is 2.54 bits per heavy atom. The number of anilines is 1. The van der Waals surface area contributed by atoms with E-state index < -0.39 is 5.41 Å². The van der Waals surface area contributed by atoms with Gasteiger partial charge < -0.3 is 15.0 Å². The number of piperidine rings is 1. The number of hydrogen-bond acceptors (Lipinski definition) is 5. The van der Waals surface area contributed by atoms with Gasteiger partial charge in [0.25, 0.3) is 0 Å². The van der Waals surface area contributed by atoms with Gasteiger partial charge in [0.1, 0.15) is 5.00 Å². The lowest BCUT2D eigenvalue weighted by Crippen LogP contribution is -2.47. The van der Waals surface area contributed by atoms with Crippen molar-refractivity contribution in [2.45, 2.75) is 59.3 Å². The third-order valence-corrected chi connectivity index (χ3v) is 6.73. The number of methoxy groups -OCH3 is 1. The van der Waals surface area contributed by atoms with Crippen LogP contribution in [0.25, 0.3) is 0 Å². The molecule has 1 N–H and O–H groups in total. The van der Waals surface area contributed by atoms with Gasteiger partial charge in [0.15, 0.2) is 0 Å². The Kier molecular flexibility index (Phi) is 6.12. The van der Waals surface area contributed by atoms with Crippen LogP contribution in [0, 0.1) is 11.3 Å². The lowest BCUT2D eigenvalue weighted by atomic mass is 9.91. The number of nitrogens with zero attached hydrogens (tertiary/aromatic N) is 1. The SMILES string of the molecule is COC(=O)c1c(NC(=O)C2CCCN(C(=O)C(C)(C)C)C2)sc2c1CCCC2. The van der Waals surface area contributed by atoms with Gasteiger partial charge in [0.05, 0.1) is 18.6 Å². The minimum Gasteiger partial charge on any atom is -0.465 e. The Morgan fingerprint density at radius 1 is 1.14 bits per heavy atom. The molecule has 1 aliphatic carbocycles. The Bertz CT molecular complexity index is 778. The van der Waals surface area contributed by atoms with E-state index in [1.165, 1.54) is 23.3 Å². The predicted octanol–water partition coefficient (Wildman–Crippen LogP) is 3.64. The zero-order chi connectivity index (χ0) is 20.5. The van der Waals surface area contributed by atoms with Gasteiger partial charge in [-0.1, -0.05) is 20.8 Å². The Morgan fingerprint density at radius 2 is 1.86 bits per heavy atom. The molecule has 6 nitrogen and oxygen atoms in total. The summed E-state index contributed by atoms with van der Waals surface area (Å²) in [5, 5.41) is 3.59. The topological polar surface area (TPSA) is 75.7 Å². The molecule has 0 saturated carbocycles. The van der Waals surface area contributed by atoms with Gasteiger partial charge in [-0.3, -0.25) is 9.59 Å². The molecule has 0 bridgehead atoms. The number of hydrogen-bond donors (Lipinski definition) is 1. The summed E-state index contributed by atoms with van der Waals surface area (Å²) in [7, 11) is 1.37. The molecule has 1 saturated heterocycles. The molecule has 154 valence electrons. The van der Waals surface area contributed by atoms with Gasteiger partial charge in [0, 0.05) is 23.4 Å². The van der Waals surface area contributed by atoms with Gasteiger partial charge in [-0.25, -0.2) is 4.79 Å². The number of nitrogens with one attached hydrogen (secondary N) is 1. The largest absolute Gasteiger partial charge is 0.465 e. The van der Waals surface area contributed by atoms with E-state index in [2.05, 4.69) is 5.32 Å². The van der Waals surface area contributed by atoms with E-state index in [1.807, 2.05) is 20.8 Å². The number of esters is 1. The molecule has 0 aromatic carbocycles. The lowest BCUT2D eigenvalue weighted by molar-refractivity contribution is -0.142. The number of rotatable bonds is 3. The molecule has 2 aliphatic rings. The molecule has 2 heterocycles. The number of carbonyl (C=O) groups is 3. The molecule has 1 aromatic rings. The molecule has 1 fully saturated rings. The molecule has 1 aromatic heterocycles. The van der Waals surface area contributed by atoms with E-state index in [0.29, 0.717) is 23.7 Å². The van der Waals surface area contributed by atoms with Crippen molar-refractivity contribution in [1.29, 1.82) is 0 Å². The number of amides is 2. The molecule has 1 aliphatic heterocycles. The first-order valence-corrected chi connectivity index (χ1v) is 10.9. The molecule has 3 rings (SSSR count). The third-order valence-electron chi connectivity index (χ3n) is 5.52. The van der Waals surface area contributed by atoms with Crippen LogP contribution in [0.5, 0.6) is 0 Å². The fraction of sp³-hybridized carbons (Fsp3) is 0.667. The van der Waals surface area contributed by atoms with Crippen molar-refractivity contribution in [3.05, 3.63) is 16.0 Å². The zero-order valence-corrected chi connectivity index (χ0v) is 18.0. The van der Waals surface area contributed by atoms with E-state index in [1.54, 1.807) is 4.90 Å². The monoisotopic (exact) mass is 406 g/mol. The summed E-state index contributed by atoms with van der Waals surface area (Å²) in [5.74, 6) is -0.686. The molecular formula is C21H30N2O4S. The smallest absolute Gasteiger partial charge is 0.341 e. The Labute approximate surface area is 170 Å². The fourth-order valence-corrected chi connectivity index (χ4v) is 5.32. The minimum atomic E-state index is -0.455. The number of carbonyl (C=O) groups excluding carboxylic acids is 3. The normalized spacial score (nSPS) is 19.7. The van der Waals surface area contributed by atoms with E-state index in [-0.39, 0.29) is 23.7 Å². The van der Waals surface area contributed by atoms with Crippen LogP contribution < -0.4 is 5.32 Å². The summed E-state index contributed by atoms with van der Waals surface area (Å²) in [6.07, 6.45) is 5.51. The van der Waals surface area contributed by atoms with Crippen LogP contribution in [0.2, 0.25) is 0 Å². The predicted molar refractivity (Wildman–Crippen MR) is 110 cm³/mol. The highest BCUT2D eigenvalue weighted by atomic mass is 32.1. The van der Waals surface area contributed by atoms with E-state index in [4.69, 9.17) is 4.74 Å². The Balaban J connectivity index is 1.77. The van der Waals surface area contributed by atoms with E-state index in [0.717, 1.165) is 44.1 Å². The average Bonchev–Trinajstić information content (AvgIpc) is 3.03. The minimum absolute atomic E-state index is 0.0758. The average molecular weight is 407 g/mol. The quantitative estimate of drug-likeness (QED) is 0.778. The van der Waals surface area contributed by atoms with Crippen molar-refractivity contribution in [2.75, 3.05) is 25.5 Å². The highest BCUT2D eigenvalue weighted by Gasteiger charge is 2.34. The number of ether oxygens (including phenoxy) is 1. The number of aryl methyl sites for hydroxylation is 1. The van der Waals surface area contributed by atoms with Crippen LogP contribution in [-0.4, -0.2) is 42.9 Å². The van der Waals surface area contributed by atoms with Crippen molar-refractivity contribution in [3.8, 4) is 0 Å². The van der Waals surface area contributed by atoms with Gasteiger partial charge >= 0.3 is 5.97 Å². The van der Waals surface area contributed by atoms with Crippen LogP contribution in [0.1, 0.15) is 67.3 Å². The summed E-state index contributed by atoms with van der Waals surface area (Å²) in [5.41, 5.74) is 1.10. The number of fused-ring (bicyclic) bond motifs is 1. The van der Waals surface area contributed by atoms with E-state index >= 15 is 0 Å². The second kappa shape index (κ2) is 8.23. The first-order valence-electron chi connectivity index (χ1n) is 10.1. The highest BCUT2D eigenvalue weighted by molar-refractivity contribution is 7.17. The zero-order valence-electron chi connectivity index (χ0n) is 17.2. The van der Waals surface area contributed by atoms with Crippen molar-refractivity contribution in [3.63, 3.8) is 0 Å². The van der Waals surface area contributed by atoms with Crippen LogP contribution in [-0.2, 0) is 27.2 Å². The van der Waals surface area contributed by atoms with Gasteiger partial charge in [-0.15, -0.1) is 11.3 Å². The van der Waals surface area contributed by atoms with Gasteiger partial charge in [0.2, 0.25) is 11.8 Å². The second-order valence-corrected chi connectivity index (χ2v) is 9.84. The summed E-state index contributed by atoms with van der Waals surface area (Å²) < 4.78 is 4.98.